The normalized spacial score (nSPS) is 20.8. The number of halogens is 2. The predicted molar refractivity (Wildman–Crippen MR) is 56.0 cm³/mol. The zero-order valence-electron chi connectivity index (χ0n) is 8.56. The lowest BCUT2D eigenvalue weighted by Crippen LogP contribution is -2.14. The average Bonchev–Trinajstić information content (AvgIpc) is 2.82. The maximum atomic E-state index is 13.4. The highest BCUT2D eigenvalue weighted by Crippen LogP contribution is 2.24. The number of fused-ring (bicyclic) bond motifs is 1. The van der Waals surface area contributed by atoms with Crippen LogP contribution >= 0.6 is 0 Å². The summed E-state index contributed by atoms with van der Waals surface area (Å²) in [6.07, 6.45) is 2.06. The number of aromatic amines is 1. The molecule has 1 atom stereocenters. The fraction of sp³-hybridized carbons (Fsp3) is 0.364. The molecule has 2 aromatic rings. The zero-order valence-corrected chi connectivity index (χ0v) is 8.56. The summed E-state index contributed by atoms with van der Waals surface area (Å²) in [5.74, 6) is -0.507. The van der Waals surface area contributed by atoms with E-state index in [1.165, 1.54) is 6.07 Å². The van der Waals surface area contributed by atoms with E-state index >= 15 is 0 Å². The fourth-order valence-electron chi connectivity index (χ4n) is 2.14. The minimum atomic E-state index is -0.615. The highest BCUT2D eigenvalue weighted by atomic mass is 19.1. The first kappa shape index (κ1) is 9.72. The van der Waals surface area contributed by atoms with Crippen LogP contribution in [0.1, 0.15) is 24.7 Å². The first-order valence-corrected chi connectivity index (χ1v) is 5.32. The van der Waals surface area contributed by atoms with Gasteiger partial charge in [-0.2, -0.15) is 0 Å². The van der Waals surface area contributed by atoms with Crippen LogP contribution in [0.3, 0.4) is 0 Å². The molecule has 1 aliphatic rings. The second-order valence-corrected chi connectivity index (χ2v) is 4.05. The number of nitrogens with zero attached hydrogens (tertiary/aromatic N) is 1. The molecule has 3 rings (SSSR count). The number of imidazole rings is 1. The SMILES string of the molecule is Fc1cc(F)c2nc([C@@H]3CCCN3)[nH]c2c1. The summed E-state index contributed by atoms with van der Waals surface area (Å²) in [5.41, 5.74) is 0.631. The molecular formula is C11H11F2N3. The molecular weight excluding hydrogens is 212 g/mol. The predicted octanol–water partition coefficient (Wildman–Crippen LogP) is 2.27. The van der Waals surface area contributed by atoms with Gasteiger partial charge in [-0.3, -0.25) is 0 Å². The smallest absolute Gasteiger partial charge is 0.153 e. The Hall–Kier alpha value is -1.49. The number of nitrogens with one attached hydrogen (secondary N) is 2. The van der Waals surface area contributed by atoms with Crippen molar-refractivity contribution >= 4 is 11.0 Å². The third kappa shape index (κ3) is 1.48. The van der Waals surface area contributed by atoms with Gasteiger partial charge in [0.1, 0.15) is 17.2 Å². The van der Waals surface area contributed by atoms with Gasteiger partial charge in [-0.1, -0.05) is 0 Å². The fourth-order valence-corrected chi connectivity index (χ4v) is 2.14. The number of aromatic nitrogens is 2. The monoisotopic (exact) mass is 223 g/mol. The van der Waals surface area contributed by atoms with E-state index in [0.29, 0.717) is 11.3 Å². The summed E-state index contributed by atoms with van der Waals surface area (Å²) in [7, 11) is 0. The second kappa shape index (κ2) is 3.52. The Labute approximate surface area is 90.9 Å². The van der Waals surface area contributed by atoms with Gasteiger partial charge in [-0.15, -0.1) is 0 Å². The first-order chi connectivity index (χ1) is 7.74. The van der Waals surface area contributed by atoms with Crippen molar-refractivity contribution < 1.29 is 8.78 Å². The molecule has 0 bridgehead atoms. The Morgan fingerprint density at radius 3 is 2.94 bits per heavy atom. The molecule has 0 spiro atoms. The molecule has 0 radical (unpaired) electrons. The van der Waals surface area contributed by atoms with Gasteiger partial charge in [-0.05, 0) is 25.5 Å². The van der Waals surface area contributed by atoms with E-state index in [1.54, 1.807) is 0 Å². The van der Waals surface area contributed by atoms with Crippen LogP contribution in [-0.2, 0) is 0 Å². The standard InChI is InChI=1S/C11H11F2N3/c12-6-4-7(13)10-9(5-6)15-11(16-10)8-2-1-3-14-8/h4-5,8,14H,1-3H2,(H,15,16)/t8-/m0/s1. The van der Waals surface area contributed by atoms with Crippen molar-refractivity contribution in [1.29, 1.82) is 0 Å². The third-order valence-corrected chi connectivity index (χ3v) is 2.91. The van der Waals surface area contributed by atoms with Crippen LogP contribution in [0.15, 0.2) is 12.1 Å². The van der Waals surface area contributed by atoms with Crippen LogP contribution in [0.4, 0.5) is 8.78 Å². The molecule has 1 aromatic heterocycles. The average molecular weight is 223 g/mol. The van der Waals surface area contributed by atoms with Crippen LogP contribution < -0.4 is 5.32 Å². The molecule has 5 heteroatoms. The summed E-state index contributed by atoms with van der Waals surface area (Å²) in [6.45, 7) is 0.943. The number of hydrogen-bond acceptors (Lipinski definition) is 2. The van der Waals surface area contributed by atoms with Crippen LogP contribution in [0, 0.1) is 11.6 Å². The highest BCUT2D eigenvalue weighted by Gasteiger charge is 2.20. The van der Waals surface area contributed by atoms with Crippen LogP contribution in [-0.4, -0.2) is 16.5 Å². The van der Waals surface area contributed by atoms with E-state index in [1.807, 2.05) is 0 Å². The summed E-state index contributed by atoms with van der Waals surface area (Å²) in [4.78, 5) is 7.14. The lowest BCUT2D eigenvalue weighted by Gasteiger charge is -2.04. The van der Waals surface area contributed by atoms with Crippen molar-refractivity contribution in [1.82, 2.24) is 15.3 Å². The minimum Gasteiger partial charge on any atom is -0.340 e. The van der Waals surface area contributed by atoms with Crippen molar-refractivity contribution in [3.8, 4) is 0 Å². The maximum Gasteiger partial charge on any atom is 0.153 e. The lowest BCUT2D eigenvalue weighted by molar-refractivity contribution is 0.590. The Morgan fingerprint density at radius 2 is 2.19 bits per heavy atom. The van der Waals surface area contributed by atoms with E-state index in [2.05, 4.69) is 15.3 Å². The van der Waals surface area contributed by atoms with Crippen molar-refractivity contribution in [2.75, 3.05) is 6.54 Å². The number of hydrogen-bond donors (Lipinski definition) is 2. The van der Waals surface area contributed by atoms with E-state index in [4.69, 9.17) is 0 Å². The molecule has 2 N–H and O–H groups in total. The number of rotatable bonds is 1. The molecule has 1 aromatic carbocycles. The quantitative estimate of drug-likeness (QED) is 0.778. The Balaban J connectivity index is 2.11. The molecule has 1 aliphatic heterocycles. The van der Waals surface area contributed by atoms with Crippen molar-refractivity contribution in [3.05, 3.63) is 29.6 Å². The van der Waals surface area contributed by atoms with Gasteiger partial charge in [0.15, 0.2) is 5.82 Å². The summed E-state index contributed by atoms with van der Waals surface area (Å²) in [5, 5.41) is 3.26. The van der Waals surface area contributed by atoms with Gasteiger partial charge in [0.25, 0.3) is 0 Å². The summed E-state index contributed by atoms with van der Waals surface area (Å²) < 4.78 is 26.4. The molecule has 1 saturated heterocycles. The molecule has 2 heterocycles. The topological polar surface area (TPSA) is 40.7 Å². The van der Waals surface area contributed by atoms with Crippen LogP contribution in [0.25, 0.3) is 11.0 Å². The van der Waals surface area contributed by atoms with Crippen molar-refractivity contribution in [2.24, 2.45) is 0 Å². The molecule has 0 aliphatic carbocycles. The van der Waals surface area contributed by atoms with Gasteiger partial charge >= 0.3 is 0 Å². The first-order valence-electron chi connectivity index (χ1n) is 5.32. The molecule has 0 unspecified atom stereocenters. The van der Waals surface area contributed by atoms with E-state index < -0.39 is 11.6 Å². The lowest BCUT2D eigenvalue weighted by atomic mass is 10.2. The Kier molecular flexibility index (Phi) is 2.14. The minimum absolute atomic E-state index is 0.134. The molecule has 3 nitrogen and oxygen atoms in total. The summed E-state index contributed by atoms with van der Waals surface area (Å²) in [6, 6.07) is 2.26. The molecule has 0 amide bonds. The third-order valence-electron chi connectivity index (χ3n) is 2.91. The van der Waals surface area contributed by atoms with Gasteiger partial charge in [-0.25, -0.2) is 13.8 Å². The van der Waals surface area contributed by atoms with Gasteiger partial charge in [0, 0.05) is 6.07 Å². The maximum absolute atomic E-state index is 13.4. The van der Waals surface area contributed by atoms with Crippen molar-refractivity contribution in [3.63, 3.8) is 0 Å². The molecule has 84 valence electrons. The molecule has 1 fully saturated rings. The summed E-state index contributed by atoms with van der Waals surface area (Å²) >= 11 is 0. The van der Waals surface area contributed by atoms with E-state index in [9.17, 15) is 8.78 Å². The van der Waals surface area contributed by atoms with Gasteiger partial charge < -0.3 is 10.3 Å². The Bertz CT molecular complexity index is 529. The van der Waals surface area contributed by atoms with E-state index in [0.717, 1.165) is 25.5 Å². The highest BCUT2D eigenvalue weighted by molar-refractivity contribution is 5.75. The van der Waals surface area contributed by atoms with Crippen LogP contribution in [0.5, 0.6) is 0 Å². The molecule has 0 saturated carbocycles. The van der Waals surface area contributed by atoms with Crippen LogP contribution in [0.2, 0.25) is 0 Å². The van der Waals surface area contributed by atoms with Gasteiger partial charge in [0.2, 0.25) is 0 Å². The second-order valence-electron chi connectivity index (χ2n) is 4.05. The molecule has 16 heavy (non-hydrogen) atoms. The largest absolute Gasteiger partial charge is 0.340 e. The zero-order chi connectivity index (χ0) is 11.1. The van der Waals surface area contributed by atoms with E-state index in [-0.39, 0.29) is 11.6 Å². The Morgan fingerprint density at radius 1 is 1.31 bits per heavy atom. The van der Waals surface area contributed by atoms with Crippen molar-refractivity contribution in [2.45, 2.75) is 18.9 Å². The number of benzene rings is 1. The number of H-pyrrole nitrogens is 1. The van der Waals surface area contributed by atoms with Gasteiger partial charge in [0.05, 0.1) is 11.6 Å².